The molecule has 0 saturated heterocycles. The number of thiophene rings is 1. The average molecular weight is 210 g/mol. The van der Waals surface area contributed by atoms with E-state index in [1.807, 2.05) is 23.9 Å². The first-order valence-corrected chi connectivity index (χ1v) is 5.02. The van der Waals surface area contributed by atoms with E-state index in [-0.39, 0.29) is 5.97 Å². The summed E-state index contributed by atoms with van der Waals surface area (Å²) in [7, 11) is 3.31. The number of hydrogen-bond donors (Lipinski definition) is 0. The van der Waals surface area contributed by atoms with Crippen LogP contribution in [0.2, 0.25) is 0 Å². The zero-order chi connectivity index (χ0) is 10.3. The summed E-state index contributed by atoms with van der Waals surface area (Å²) < 4.78 is 6.63. The number of hydrogen-bond acceptors (Lipinski definition) is 4. The van der Waals surface area contributed by atoms with Crippen LogP contribution in [0.1, 0.15) is 15.5 Å². The van der Waals surface area contributed by atoms with Crippen LogP contribution in [0.3, 0.4) is 0 Å². The highest BCUT2D eigenvalue weighted by Crippen LogP contribution is 2.25. The third kappa shape index (κ3) is 1.13. The predicted octanol–water partition coefficient (Wildman–Crippen LogP) is 1.73. The molecule has 0 unspecified atom stereocenters. The number of ether oxygens (including phenoxy) is 1. The van der Waals surface area contributed by atoms with Gasteiger partial charge in [0.05, 0.1) is 12.6 Å². The van der Waals surface area contributed by atoms with Crippen molar-refractivity contribution in [2.45, 2.75) is 6.92 Å². The van der Waals surface area contributed by atoms with Crippen molar-refractivity contribution >= 4 is 28.3 Å². The van der Waals surface area contributed by atoms with Crippen molar-refractivity contribution in [2.24, 2.45) is 7.05 Å². The normalized spacial score (nSPS) is 10.8. The second-order valence-electron chi connectivity index (χ2n) is 3.01. The maximum absolute atomic E-state index is 11.3. The quantitative estimate of drug-likeness (QED) is 0.673. The van der Waals surface area contributed by atoms with Crippen molar-refractivity contribution in [3.05, 3.63) is 16.1 Å². The van der Waals surface area contributed by atoms with Crippen LogP contribution in [0, 0.1) is 6.92 Å². The molecule has 0 fully saturated rings. The fraction of sp³-hybridized carbons (Fsp3) is 0.333. The summed E-state index contributed by atoms with van der Waals surface area (Å²) in [6.07, 6.45) is 0. The second-order valence-corrected chi connectivity index (χ2v) is 3.89. The molecule has 2 aromatic rings. The van der Waals surface area contributed by atoms with Crippen LogP contribution in [-0.2, 0) is 11.8 Å². The first-order chi connectivity index (χ1) is 6.65. The molecule has 0 aromatic carbocycles. The lowest BCUT2D eigenvalue weighted by Gasteiger charge is -1.92. The average Bonchev–Trinajstić information content (AvgIpc) is 2.69. The minimum Gasteiger partial charge on any atom is -0.465 e. The monoisotopic (exact) mass is 210 g/mol. The Balaban J connectivity index is 2.69. The summed E-state index contributed by atoms with van der Waals surface area (Å²) in [5.41, 5.74) is 1.72. The maximum atomic E-state index is 11.3. The van der Waals surface area contributed by atoms with Gasteiger partial charge in [0.25, 0.3) is 0 Å². The van der Waals surface area contributed by atoms with Gasteiger partial charge in [-0.3, -0.25) is 0 Å². The van der Waals surface area contributed by atoms with Crippen LogP contribution in [0.5, 0.6) is 0 Å². The van der Waals surface area contributed by atoms with Crippen molar-refractivity contribution in [3.8, 4) is 0 Å². The molecule has 4 nitrogen and oxygen atoms in total. The fourth-order valence-electron chi connectivity index (χ4n) is 1.34. The lowest BCUT2D eigenvalue weighted by molar-refractivity contribution is 0.0608. The number of imidazole rings is 1. The van der Waals surface area contributed by atoms with Crippen LogP contribution in [0.4, 0.5) is 0 Å². The van der Waals surface area contributed by atoms with Gasteiger partial charge < -0.3 is 9.30 Å². The molecule has 0 aliphatic rings. The van der Waals surface area contributed by atoms with E-state index in [0.717, 1.165) is 16.9 Å². The third-order valence-electron chi connectivity index (χ3n) is 2.24. The molecule has 0 spiro atoms. The first kappa shape index (κ1) is 9.21. The summed E-state index contributed by atoms with van der Waals surface area (Å²) in [6.45, 7) is 1.91. The van der Waals surface area contributed by atoms with Gasteiger partial charge in [-0.15, -0.1) is 11.3 Å². The summed E-state index contributed by atoms with van der Waals surface area (Å²) in [5.74, 6) is 0.580. The summed E-state index contributed by atoms with van der Waals surface area (Å²) in [4.78, 5) is 16.2. The van der Waals surface area contributed by atoms with Crippen molar-refractivity contribution in [1.29, 1.82) is 0 Å². The largest absolute Gasteiger partial charge is 0.465 e. The summed E-state index contributed by atoms with van der Waals surface area (Å²) in [6, 6.07) is 0. The van der Waals surface area contributed by atoms with Crippen molar-refractivity contribution < 1.29 is 9.53 Å². The molecular formula is C9H10N2O2S. The van der Waals surface area contributed by atoms with Gasteiger partial charge in [0, 0.05) is 12.4 Å². The zero-order valence-electron chi connectivity index (χ0n) is 8.20. The van der Waals surface area contributed by atoms with E-state index in [2.05, 4.69) is 9.72 Å². The molecule has 0 saturated carbocycles. The van der Waals surface area contributed by atoms with E-state index >= 15 is 0 Å². The second kappa shape index (κ2) is 3.09. The third-order valence-corrected chi connectivity index (χ3v) is 3.17. The number of aromatic nitrogens is 2. The van der Waals surface area contributed by atoms with E-state index in [1.165, 1.54) is 18.4 Å². The molecule has 0 atom stereocenters. The molecule has 0 amide bonds. The number of nitrogens with zero attached hydrogens (tertiary/aromatic N) is 2. The lowest BCUT2D eigenvalue weighted by Crippen LogP contribution is -1.98. The Bertz CT molecular complexity index is 498. The number of esters is 1. The number of carbonyl (C=O) groups is 1. The molecule has 0 radical (unpaired) electrons. The summed E-state index contributed by atoms with van der Waals surface area (Å²) >= 11 is 1.37. The Morgan fingerprint density at radius 3 is 3.00 bits per heavy atom. The Hall–Kier alpha value is -1.36. The maximum Gasteiger partial charge on any atom is 0.350 e. The van der Waals surface area contributed by atoms with Gasteiger partial charge in [0.2, 0.25) is 0 Å². The Morgan fingerprint density at radius 1 is 1.64 bits per heavy atom. The Kier molecular flexibility index (Phi) is 2.03. The Labute approximate surface area is 85.1 Å². The van der Waals surface area contributed by atoms with Crippen LogP contribution in [-0.4, -0.2) is 22.6 Å². The van der Waals surface area contributed by atoms with Crippen LogP contribution in [0.25, 0.3) is 11.0 Å². The van der Waals surface area contributed by atoms with Crippen molar-refractivity contribution in [1.82, 2.24) is 9.55 Å². The molecule has 0 aliphatic carbocycles. The van der Waals surface area contributed by atoms with E-state index in [1.54, 1.807) is 0 Å². The van der Waals surface area contributed by atoms with Gasteiger partial charge in [-0.1, -0.05) is 0 Å². The van der Waals surface area contributed by atoms with Crippen molar-refractivity contribution in [2.75, 3.05) is 7.11 Å². The minimum absolute atomic E-state index is 0.317. The van der Waals surface area contributed by atoms with Crippen molar-refractivity contribution in [3.63, 3.8) is 0 Å². The molecule has 2 rings (SSSR count). The highest BCUT2D eigenvalue weighted by atomic mass is 32.1. The van der Waals surface area contributed by atoms with Gasteiger partial charge >= 0.3 is 5.97 Å². The number of methoxy groups -OCH3 is 1. The lowest BCUT2D eigenvalue weighted by atomic mass is 10.4. The molecule has 0 aliphatic heterocycles. The smallest absolute Gasteiger partial charge is 0.350 e. The Morgan fingerprint density at radius 2 is 2.36 bits per heavy atom. The standard InChI is InChI=1S/C9H10N2O2S/c1-5-10-7-6(11(5)2)4-14-8(7)9(12)13-3/h4H,1-3H3. The van der Waals surface area contributed by atoms with E-state index in [9.17, 15) is 4.79 Å². The number of rotatable bonds is 1. The van der Waals surface area contributed by atoms with Crippen LogP contribution < -0.4 is 0 Å². The molecule has 74 valence electrons. The van der Waals surface area contributed by atoms with Crippen LogP contribution >= 0.6 is 11.3 Å². The van der Waals surface area contributed by atoms with E-state index < -0.39 is 0 Å². The number of fused-ring (bicyclic) bond motifs is 1. The topological polar surface area (TPSA) is 44.1 Å². The van der Waals surface area contributed by atoms with Gasteiger partial charge in [-0.2, -0.15) is 0 Å². The highest BCUT2D eigenvalue weighted by molar-refractivity contribution is 7.13. The molecule has 5 heteroatoms. The minimum atomic E-state index is -0.317. The molecular weight excluding hydrogens is 200 g/mol. The van der Waals surface area contributed by atoms with E-state index in [0.29, 0.717) is 4.88 Å². The molecule has 2 heterocycles. The van der Waals surface area contributed by atoms with Gasteiger partial charge in [0.15, 0.2) is 0 Å². The van der Waals surface area contributed by atoms with E-state index in [4.69, 9.17) is 0 Å². The molecule has 2 aromatic heterocycles. The van der Waals surface area contributed by atoms with Gasteiger partial charge in [-0.05, 0) is 6.92 Å². The first-order valence-electron chi connectivity index (χ1n) is 4.14. The molecule has 0 bridgehead atoms. The predicted molar refractivity (Wildman–Crippen MR) is 54.7 cm³/mol. The fourth-order valence-corrected chi connectivity index (χ4v) is 2.28. The highest BCUT2D eigenvalue weighted by Gasteiger charge is 2.17. The molecule has 0 N–H and O–H groups in total. The number of carbonyl (C=O) groups excluding carboxylic acids is 1. The number of aryl methyl sites for hydroxylation is 2. The van der Waals surface area contributed by atoms with Crippen LogP contribution in [0.15, 0.2) is 5.38 Å². The van der Waals surface area contributed by atoms with Gasteiger partial charge in [-0.25, -0.2) is 9.78 Å². The summed E-state index contributed by atoms with van der Waals surface area (Å²) in [5, 5.41) is 1.92. The zero-order valence-corrected chi connectivity index (χ0v) is 9.01. The SMILES string of the molecule is COC(=O)c1scc2c1nc(C)n2C. The van der Waals surface area contributed by atoms with Gasteiger partial charge in [0.1, 0.15) is 16.2 Å². The molecule has 14 heavy (non-hydrogen) atoms.